The van der Waals surface area contributed by atoms with Crippen molar-refractivity contribution in [2.75, 3.05) is 0 Å². The predicted molar refractivity (Wildman–Crippen MR) is 95.9 cm³/mol. The van der Waals surface area contributed by atoms with Crippen molar-refractivity contribution in [3.63, 3.8) is 0 Å². The van der Waals surface area contributed by atoms with Gasteiger partial charge < -0.3 is 9.67 Å². The molecule has 0 radical (unpaired) electrons. The van der Waals surface area contributed by atoms with Crippen LogP contribution in [-0.2, 0) is 6.54 Å². The monoisotopic (exact) mass is 350 g/mol. The number of aryl methyl sites for hydroxylation is 1. The predicted octanol–water partition coefficient (Wildman–Crippen LogP) is 3.61. The highest BCUT2D eigenvalue weighted by Crippen LogP contribution is 2.28. The van der Waals surface area contributed by atoms with Crippen LogP contribution in [-0.4, -0.2) is 30.6 Å². The first-order chi connectivity index (χ1) is 12.1. The van der Waals surface area contributed by atoms with Crippen LogP contribution in [0.3, 0.4) is 0 Å². The Hall–Kier alpha value is -3.06. The molecule has 0 fully saturated rings. The number of hydrogen-bond acceptors (Lipinski definition) is 5. The number of aromatic nitrogens is 4. The lowest BCUT2D eigenvalue weighted by atomic mass is 10.1. The normalized spacial score (nSPS) is 11.1. The van der Waals surface area contributed by atoms with Gasteiger partial charge in [0.15, 0.2) is 11.5 Å². The molecular formula is C18H14N4O2S. The maximum atomic E-state index is 11.8. The number of benzene rings is 1. The fourth-order valence-electron chi connectivity index (χ4n) is 2.96. The van der Waals surface area contributed by atoms with E-state index in [1.807, 2.05) is 17.5 Å². The van der Waals surface area contributed by atoms with Crippen molar-refractivity contribution in [2.45, 2.75) is 13.5 Å². The third kappa shape index (κ3) is 2.68. The Morgan fingerprint density at radius 3 is 2.92 bits per heavy atom. The summed E-state index contributed by atoms with van der Waals surface area (Å²) in [7, 11) is 0. The minimum atomic E-state index is -1.00. The summed E-state index contributed by atoms with van der Waals surface area (Å²) in [4.78, 5) is 24.6. The molecule has 0 bridgehead atoms. The molecule has 1 N–H and O–H groups in total. The van der Waals surface area contributed by atoms with Gasteiger partial charge in [-0.15, -0.1) is 11.3 Å². The van der Waals surface area contributed by atoms with Crippen molar-refractivity contribution in [3.05, 3.63) is 65.2 Å². The summed E-state index contributed by atoms with van der Waals surface area (Å²) >= 11 is 1.65. The fourth-order valence-corrected chi connectivity index (χ4v) is 3.86. The standard InChI is InChI=1S/C18H14N4O2S/c1-11-15(18(23)24)22(17(21-11)14-9-19-6-7-20-14)10-13-4-2-3-12-5-8-25-16(12)13/h2-9H,10H2,1H3,(H,23,24). The first kappa shape index (κ1) is 15.5. The molecule has 6 nitrogen and oxygen atoms in total. The van der Waals surface area contributed by atoms with E-state index in [2.05, 4.69) is 27.1 Å². The molecule has 0 spiro atoms. The molecule has 0 saturated carbocycles. The lowest BCUT2D eigenvalue weighted by molar-refractivity contribution is 0.0685. The minimum absolute atomic E-state index is 0.175. The van der Waals surface area contributed by atoms with E-state index in [0.29, 0.717) is 23.8 Å². The number of imidazole rings is 1. The molecule has 124 valence electrons. The van der Waals surface area contributed by atoms with Gasteiger partial charge in [0.2, 0.25) is 0 Å². The van der Waals surface area contributed by atoms with Crippen LogP contribution >= 0.6 is 11.3 Å². The van der Waals surface area contributed by atoms with Crippen LogP contribution in [0.4, 0.5) is 0 Å². The Labute approximate surface area is 147 Å². The van der Waals surface area contributed by atoms with Crippen LogP contribution in [0, 0.1) is 6.92 Å². The van der Waals surface area contributed by atoms with Gasteiger partial charge in [0.1, 0.15) is 5.69 Å². The summed E-state index contributed by atoms with van der Waals surface area (Å²) in [6.07, 6.45) is 4.74. The van der Waals surface area contributed by atoms with Crippen molar-refractivity contribution in [1.29, 1.82) is 0 Å². The minimum Gasteiger partial charge on any atom is -0.477 e. The number of carboxylic acid groups (broad SMARTS) is 1. The molecule has 3 aromatic heterocycles. The molecule has 1 aromatic carbocycles. The Kier molecular flexibility index (Phi) is 3.77. The fraction of sp³-hybridized carbons (Fsp3) is 0.111. The van der Waals surface area contributed by atoms with E-state index in [1.54, 1.807) is 41.4 Å². The number of fused-ring (bicyclic) bond motifs is 1. The van der Waals surface area contributed by atoms with Crippen molar-refractivity contribution in [1.82, 2.24) is 19.5 Å². The molecule has 0 aliphatic rings. The second kappa shape index (κ2) is 6.10. The second-order valence-corrected chi connectivity index (χ2v) is 6.52. The van der Waals surface area contributed by atoms with E-state index in [1.165, 1.54) is 0 Å². The van der Waals surface area contributed by atoms with Gasteiger partial charge in [-0.2, -0.15) is 0 Å². The Morgan fingerprint density at radius 1 is 1.28 bits per heavy atom. The molecule has 4 aromatic rings. The summed E-state index contributed by atoms with van der Waals surface area (Å²) in [5.41, 5.74) is 2.25. The van der Waals surface area contributed by atoms with E-state index in [-0.39, 0.29) is 5.69 Å². The Bertz CT molecular complexity index is 1070. The zero-order chi connectivity index (χ0) is 17.4. The van der Waals surface area contributed by atoms with Gasteiger partial charge >= 0.3 is 5.97 Å². The van der Waals surface area contributed by atoms with E-state index < -0.39 is 5.97 Å². The first-order valence-electron chi connectivity index (χ1n) is 7.67. The molecule has 0 aliphatic carbocycles. The third-order valence-corrected chi connectivity index (χ3v) is 5.03. The number of rotatable bonds is 4. The van der Waals surface area contributed by atoms with Gasteiger partial charge in [0, 0.05) is 17.1 Å². The van der Waals surface area contributed by atoms with Gasteiger partial charge in [-0.05, 0) is 29.3 Å². The number of carboxylic acids is 1. The van der Waals surface area contributed by atoms with Gasteiger partial charge in [-0.25, -0.2) is 14.8 Å². The quantitative estimate of drug-likeness (QED) is 0.608. The molecule has 3 heterocycles. The summed E-state index contributed by atoms with van der Waals surface area (Å²) < 4.78 is 2.85. The molecule has 7 heteroatoms. The summed E-state index contributed by atoms with van der Waals surface area (Å²) in [5, 5.41) is 12.9. The third-order valence-electron chi connectivity index (χ3n) is 4.03. The van der Waals surface area contributed by atoms with Crippen molar-refractivity contribution >= 4 is 27.4 Å². The highest BCUT2D eigenvalue weighted by atomic mass is 32.1. The lowest BCUT2D eigenvalue weighted by Gasteiger charge is -2.11. The molecule has 25 heavy (non-hydrogen) atoms. The number of carbonyl (C=O) groups is 1. The maximum absolute atomic E-state index is 11.8. The van der Waals surface area contributed by atoms with Crippen LogP contribution in [0.15, 0.2) is 48.2 Å². The van der Waals surface area contributed by atoms with E-state index in [0.717, 1.165) is 15.6 Å². The van der Waals surface area contributed by atoms with Crippen LogP contribution < -0.4 is 0 Å². The highest BCUT2D eigenvalue weighted by molar-refractivity contribution is 7.17. The Balaban J connectivity index is 1.91. The molecule has 0 atom stereocenters. The van der Waals surface area contributed by atoms with Gasteiger partial charge in [-0.1, -0.05) is 18.2 Å². The number of nitrogens with zero attached hydrogens (tertiary/aromatic N) is 4. The van der Waals surface area contributed by atoms with Crippen LogP contribution in [0.1, 0.15) is 21.7 Å². The molecule has 0 aliphatic heterocycles. The average molecular weight is 350 g/mol. The largest absolute Gasteiger partial charge is 0.477 e. The lowest BCUT2D eigenvalue weighted by Crippen LogP contribution is -2.12. The number of hydrogen-bond donors (Lipinski definition) is 1. The summed E-state index contributed by atoms with van der Waals surface area (Å²) in [6, 6.07) is 8.11. The zero-order valence-corrected chi connectivity index (χ0v) is 14.2. The van der Waals surface area contributed by atoms with E-state index >= 15 is 0 Å². The maximum Gasteiger partial charge on any atom is 0.354 e. The van der Waals surface area contributed by atoms with Gasteiger partial charge in [-0.3, -0.25) is 4.98 Å². The number of aromatic carboxylic acids is 1. The highest BCUT2D eigenvalue weighted by Gasteiger charge is 2.22. The summed E-state index contributed by atoms with van der Waals surface area (Å²) in [6.45, 7) is 2.11. The SMILES string of the molecule is Cc1nc(-c2cnccn2)n(Cc2cccc3ccsc23)c1C(=O)O. The molecule has 0 amide bonds. The first-order valence-corrected chi connectivity index (χ1v) is 8.55. The average Bonchev–Trinajstić information content (AvgIpc) is 3.21. The van der Waals surface area contributed by atoms with Crippen LogP contribution in [0.2, 0.25) is 0 Å². The summed E-state index contributed by atoms with van der Waals surface area (Å²) in [5.74, 6) is -0.491. The Morgan fingerprint density at radius 2 is 2.16 bits per heavy atom. The van der Waals surface area contributed by atoms with Gasteiger partial charge in [0.25, 0.3) is 0 Å². The smallest absolute Gasteiger partial charge is 0.354 e. The molecular weight excluding hydrogens is 336 g/mol. The van der Waals surface area contributed by atoms with E-state index in [9.17, 15) is 9.90 Å². The molecule has 4 rings (SSSR count). The zero-order valence-electron chi connectivity index (χ0n) is 13.4. The molecule has 0 unspecified atom stereocenters. The van der Waals surface area contributed by atoms with Crippen LogP contribution in [0.5, 0.6) is 0 Å². The molecule has 0 saturated heterocycles. The van der Waals surface area contributed by atoms with Crippen molar-refractivity contribution < 1.29 is 9.90 Å². The van der Waals surface area contributed by atoms with Crippen molar-refractivity contribution in [3.8, 4) is 11.5 Å². The van der Waals surface area contributed by atoms with Gasteiger partial charge in [0.05, 0.1) is 18.4 Å². The van der Waals surface area contributed by atoms with Crippen LogP contribution in [0.25, 0.3) is 21.6 Å². The topological polar surface area (TPSA) is 80.9 Å². The number of thiophene rings is 1. The van der Waals surface area contributed by atoms with Crippen molar-refractivity contribution in [2.24, 2.45) is 0 Å². The second-order valence-electron chi connectivity index (χ2n) is 5.61. The van der Waals surface area contributed by atoms with E-state index in [4.69, 9.17) is 0 Å².